The normalized spacial score (nSPS) is 12.7. The molecule has 0 aliphatic carbocycles. The molecule has 2 nitrogen and oxygen atoms in total. The van der Waals surface area contributed by atoms with Crippen LogP contribution >= 0.6 is 11.6 Å². The molecule has 0 amide bonds. The summed E-state index contributed by atoms with van der Waals surface area (Å²) in [7, 11) is 0. The lowest BCUT2D eigenvalue weighted by molar-refractivity contribution is 0.563. The largest absolute Gasteiger partial charge is 0.444 e. The highest BCUT2D eigenvalue weighted by Gasteiger charge is 2.13. The minimum Gasteiger partial charge on any atom is -0.444 e. The van der Waals surface area contributed by atoms with E-state index >= 15 is 0 Å². The molecule has 0 fully saturated rings. The maximum atomic E-state index is 6.19. The van der Waals surface area contributed by atoms with Gasteiger partial charge in [-0.05, 0) is 30.2 Å². The molecular weight excluding hydrogens is 270 g/mol. The number of benzene rings is 2. The average Bonchev–Trinajstić information content (AvgIpc) is 2.81. The number of hydrogen-bond acceptors (Lipinski definition) is 2. The Kier molecular flexibility index (Phi) is 3.77. The van der Waals surface area contributed by atoms with Crippen LogP contribution in [0.4, 0.5) is 0 Å². The Labute approximate surface area is 123 Å². The van der Waals surface area contributed by atoms with E-state index in [9.17, 15) is 0 Å². The smallest absolute Gasteiger partial charge is 0.199 e. The Morgan fingerprint density at radius 2 is 1.75 bits per heavy atom. The molecule has 0 saturated carbocycles. The van der Waals surface area contributed by atoms with Gasteiger partial charge in [-0.25, -0.2) is 0 Å². The fourth-order valence-electron chi connectivity index (χ4n) is 2.35. The van der Waals surface area contributed by atoms with Crippen LogP contribution in [0.2, 0.25) is 5.22 Å². The van der Waals surface area contributed by atoms with Gasteiger partial charge in [0.15, 0.2) is 5.22 Å². The molecule has 2 aromatic carbocycles. The Bertz CT molecular complexity index is 705. The Morgan fingerprint density at radius 1 is 1.05 bits per heavy atom. The first-order valence-corrected chi connectivity index (χ1v) is 7.08. The summed E-state index contributed by atoms with van der Waals surface area (Å²) in [5, 5.41) is 5.04. The van der Waals surface area contributed by atoms with E-state index in [-0.39, 0.29) is 6.04 Å². The van der Waals surface area contributed by atoms with Gasteiger partial charge in [-0.3, -0.25) is 0 Å². The molecule has 20 heavy (non-hydrogen) atoms. The molecule has 102 valence electrons. The van der Waals surface area contributed by atoms with Gasteiger partial charge < -0.3 is 9.73 Å². The van der Waals surface area contributed by atoms with Crippen molar-refractivity contribution in [3.8, 4) is 0 Å². The van der Waals surface area contributed by atoms with Crippen molar-refractivity contribution in [1.82, 2.24) is 5.32 Å². The Morgan fingerprint density at radius 3 is 2.55 bits per heavy atom. The lowest BCUT2D eigenvalue weighted by atomic mass is 10.1. The SMILES string of the molecule is C[C@@H](NCc1c(Cl)oc2ccccc12)c1ccccc1. The third kappa shape index (κ3) is 2.58. The topological polar surface area (TPSA) is 25.2 Å². The molecule has 1 atom stereocenters. The number of nitrogens with one attached hydrogen (secondary N) is 1. The van der Waals surface area contributed by atoms with Crippen LogP contribution in [0, 0.1) is 0 Å². The van der Waals surface area contributed by atoms with Gasteiger partial charge in [-0.15, -0.1) is 0 Å². The van der Waals surface area contributed by atoms with E-state index in [1.165, 1.54) is 5.56 Å². The third-order valence-corrected chi connectivity index (χ3v) is 3.84. The molecule has 3 rings (SSSR count). The van der Waals surface area contributed by atoms with E-state index in [2.05, 4.69) is 24.4 Å². The van der Waals surface area contributed by atoms with Gasteiger partial charge in [0.05, 0.1) is 0 Å². The molecule has 0 bridgehead atoms. The molecule has 0 saturated heterocycles. The van der Waals surface area contributed by atoms with Crippen LogP contribution in [0.25, 0.3) is 11.0 Å². The summed E-state index contributed by atoms with van der Waals surface area (Å²) in [5.41, 5.74) is 3.11. The molecule has 1 aromatic heterocycles. The summed E-state index contributed by atoms with van der Waals surface area (Å²) in [6, 6.07) is 18.5. The van der Waals surface area contributed by atoms with Crippen molar-refractivity contribution in [2.45, 2.75) is 19.5 Å². The quantitative estimate of drug-likeness (QED) is 0.735. The molecule has 0 aliphatic heterocycles. The Hall–Kier alpha value is -1.77. The number of fused-ring (bicyclic) bond motifs is 1. The summed E-state index contributed by atoms with van der Waals surface area (Å²) >= 11 is 6.19. The highest BCUT2D eigenvalue weighted by atomic mass is 35.5. The number of rotatable bonds is 4. The van der Waals surface area contributed by atoms with Crippen molar-refractivity contribution in [2.24, 2.45) is 0 Å². The second-order valence-corrected chi connectivity index (χ2v) is 5.21. The zero-order valence-electron chi connectivity index (χ0n) is 11.3. The van der Waals surface area contributed by atoms with Crippen LogP contribution in [-0.2, 0) is 6.54 Å². The van der Waals surface area contributed by atoms with Gasteiger partial charge in [-0.1, -0.05) is 48.5 Å². The predicted molar refractivity (Wildman–Crippen MR) is 82.9 cm³/mol. The van der Waals surface area contributed by atoms with Gasteiger partial charge >= 0.3 is 0 Å². The fraction of sp³-hybridized carbons (Fsp3) is 0.176. The van der Waals surface area contributed by atoms with Crippen molar-refractivity contribution in [3.05, 3.63) is 70.9 Å². The molecule has 0 aliphatic rings. The van der Waals surface area contributed by atoms with E-state index in [0.29, 0.717) is 11.8 Å². The maximum absolute atomic E-state index is 6.19. The lowest BCUT2D eigenvalue weighted by Gasteiger charge is -2.13. The summed E-state index contributed by atoms with van der Waals surface area (Å²) < 4.78 is 5.56. The molecular formula is C17H16ClNO. The first kappa shape index (κ1) is 13.2. The van der Waals surface area contributed by atoms with Crippen LogP contribution < -0.4 is 5.32 Å². The van der Waals surface area contributed by atoms with Crippen molar-refractivity contribution in [2.75, 3.05) is 0 Å². The first-order chi connectivity index (χ1) is 9.75. The molecule has 0 unspecified atom stereocenters. The standard InChI is InChI=1S/C17H16ClNO/c1-12(13-7-3-2-4-8-13)19-11-15-14-9-5-6-10-16(14)20-17(15)18/h2-10,12,19H,11H2,1H3/t12-/m1/s1. The predicted octanol–water partition coefficient (Wildman–Crippen LogP) is 4.94. The number of para-hydroxylation sites is 1. The lowest BCUT2D eigenvalue weighted by Crippen LogP contribution is -2.17. The van der Waals surface area contributed by atoms with E-state index < -0.39 is 0 Å². The second kappa shape index (κ2) is 5.70. The molecule has 0 spiro atoms. The zero-order chi connectivity index (χ0) is 13.9. The van der Waals surface area contributed by atoms with E-state index in [4.69, 9.17) is 16.0 Å². The average molecular weight is 286 g/mol. The van der Waals surface area contributed by atoms with E-state index in [1.807, 2.05) is 42.5 Å². The van der Waals surface area contributed by atoms with Gasteiger partial charge in [0.25, 0.3) is 0 Å². The van der Waals surface area contributed by atoms with E-state index in [1.54, 1.807) is 0 Å². The minimum absolute atomic E-state index is 0.265. The fourth-order valence-corrected chi connectivity index (χ4v) is 2.60. The number of halogens is 1. The minimum atomic E-state index is 0.265. The highest BCUT2D eigenvalue weighted by molar-refractivity contribution is 6.30. The van der Waals surface area contributed by atoms with Crippen LogP contribution in [-0.4, -0.2) is 0 Å². The third-order valence-electron chi connectivity index (χ3n) is 3.53. The maximum Gasteiger partial charge on any atom is 0.199 e. The molecule has 0 radical (unpaired) electrons. The van der Waals surface area contributed by atoms with Gasteiger partial charge in [0.2, 0.25) is 0 Å². The van der Waals surface area contributed by atoms with Crippen LogP contribution in [0.15, 0.2) is 59.0 Å². The second-order valence-electron chi connectivity index (χ2n) is 4.86. The monoisotopic (exact) mass is 285 g/mol. The molecule has 1 heterocycles. The van der Waals surface area contributed by atoms with Crippen LogP contribution in [0.3, 0.4) is 0 Å². The molecule has 3 aromatic rings. The zero-order valence-corrected chi connectivity index (χ0v) is 12.0. The number of furan rings is 1. The van der Waals surface area contributed by atoms with Crippen LogP contribution in [0.1, 0.15) is 24.1 Å². The molecule has 3 heteroatoms. The van der Waals surface area contributed by atoms with E-state index in [0.717, 1.165) is 16.5 Å². The highest BCUT2D eigenvalue weighted by Crippen LogP contribution is 2.29. The van der Waals surface area contributed by atoms with Gasteiger partial charge in [0.1, 0.15) is 5.58 Å². The van der Waals surface area contributed by atoms with Crippen molar-refractivity contribution in [1.29, 1.82) is 0 Å². The summed E-state index contributed by atoms with van der Waals surface area (Å²) in [6.07, 6.45) is 0. The summed E-state index contributed by atoms with van der Waals surface area (Å²) in [5.74, 6) is 0. The van der Waals surface area contributed by atoms with Crippen LogP contribution in [0.5, 0.6) is 0 Å². The van der Waals surface area contributed by atoms with Crippen molar-refractivity contribution >= 4 is 22.6 Å². The van der Waals surface area contributed by atoms with Crippen molar-refractivity contribution in [3.63, 3.8) is 0 Å². The van der Waals surface area contributed by atoms with Gasteiger partial charge in [0, 0.05) is 23.5 Å². The summed E-state index contributed by atoms with van der Waals surface area (Å²) in [4.78, 5) is 0. The van der Waals surface area contributed by atoms with Crippen molar-refractivity contribution < 1.29 is 4.42 Å². The van der Waals surface area contributed by atoms with Gasteiger partial charge in [-0.2, -0.15) is 0 Å². The Balaban J connectivity index is 1.79. The summed E-state index contributed by atoms with van der Waals surface area (Å²) in [6.45, 7) is 2.83. The first-order valence-electron chi connectivity index (χ1n) is 6.70. The molecule has 1 N–H and O–H groups in total. The number of hydrogen-bond donors (Lipinski definition) is 1.